The maximum absolute atomic E-state index is 11.4. The molecule has 1 aromatic carbocycles. The van der Waals surface area contributed by atoms with Crippen LogP contribution in [-0.4, -0.2) is 57.4 Å². The maximum atomic E-state index is 11.4. The van der Waals surface area contributed by atoms with E-state index in [1.807, 2.05) is 6.07 Å². The molecule has 1 aliphatic heterocycles. The van der Waals surface area contributed by atoms with Crippen LogP contribution in [0.2, 0.25) is 0 Å². The van der Waals surface area contributed by atoms with Gasteiger partial charge in [0.1, 0.15) is 5.75 Å². The number of esters is 1. The van der Waals surface area contributed by atoms with Crippen LogP contribution in [0.1, 0.15) is 16.8 Å². The minimum Gasteiger partial charge on any atom is -0.494 e. The number of carbonyl (C=O) groups excluding carboxylic acids is 1. The highest BCUT2D eigenvalue weighted by Gasteiger charge is 2.10. The fourth-order valence-electron chi connectivity index (χ4n) is 2.13. The van der Waals surface area contributed by atoms with Gasteiger partial charge in [0.2, 0.25) is 0 Å². The maximum Gasteiger partial charge on any atom is 0.337 e. The SMILES string of the molecule is COC(=O)c1cccc(OCCCN2CCOCC2)c1. The van der Waals surface area contributed by atoms with Crippen LogP contribution in [0.4, 0.5) is 0 Å². The van der Waals surface area contributed by atoms with E-state index in [2.05, 4.69) is 9.64 Å². The largest absolute Gasteiger partial charge is 0.494 e. The summed E-state index contributed by atoms with van der Waals surface area (Å²) in [5.41, 5.74) is 0.512. The molecule has 1 aliphatic rings. The molecule has 5 nitrogen and oxygen atoms in total. The lowest BCUT2D eigenvalue weighted by molar-refractivity contribution is 0.0358. The van der Waals surface area contributed by atoms with Gasteiger partial charge in [0, 0.05) is 19.6 Å². The van der Waals surface area contributed by atoms with Crippen molar-refractivity contribution in [1.82, 2.24) is 4.90 Å². The summed E-state index contributed by atoms with van der Waals surface area (Å²) >= 11 is 0. The molecule has 2 rings (SSSR count). The monoisotopic (exact) mass is 279 g/mol. The molecule has 0 saturated carbocycles. The molecular weight excluding hydrogens is 258 g/mol. The van der Waals surface area contributed by atoms with Crippen LogP contribution in [0, 0.1) is 0 Å². The van der Waals surface area contributed by atoms with Gasteiger partial charge in [-0.25, -0.2) is 4.79 Å². The lowest BCUT2D eigenvalue weighted by atomic mass is 10.2. The first-order chi connectivity index (χ1) is 9.79. The van der Waals surface area contributed by atoms with Gasteiger partial charge in [0.15, 0.2) is 0 Å². The molecule has 0 aromatic heterocycles. The average Bonchev–Trinajstić information content (AvgIpc) is 2.52. The Labute approximate surface area is 119 Å². The summed E-state index contributed by atoms with van der Waals surface area (Å²) < 4.78 is 15.7. The second kappa shape index (κ2) is 7.87. The molecule has 0 aliphatic carbocycles. The second-order valence-electron chi connectivity index (χ2n) is 4.68. The molecule has 20 heavy (non-hydrogen) atoms. The molecule has 1 fully saturated rings. The van der Waals surface area contributed by atoms with Crippen molar-refractivity contribution < 1.29 is 19.0 Å². The van der Waals surface area contributed by atoms with E-state index >= 15 is 0 Å². The lowest BCUT2D eigenvalue weighted by Crippen LogP contribution is -2.37. The smallest absolute Gasteiger partial charge is 0.337 e. The molecule has 0 spiro atoms. The van der Waals surface area contributed by atoms with Gasteiger partial charge in [0.25, 0.3) is 0 Å². The molecule has 0 N–H and O–H groups in total. The van der Waals surface area contributed by atoms with E-state index in [0.717, 1.165) is 39.3 Å². The summed E-state index contributed by atoms with van der Waals surface area (Å²) in [4.78, 5) is 13.8. The van der Waals surface area contributed by atoms with E-state index in [1.54, 1.807) is 18.2 Å². The fourth-order valence-corrected chi connectivity index (χ4v) is 2.13. The topological polar surface area (TPSA) is 48.0 Å². The van der Waals surface area contributed by atoms with E-state index in [0.29, 0.717) is 17.9 Å². The number of ether oxygens (including phenoxy) is 3. The van der Waals surface area contributed by atoms with Crippen molar-refractivity contribution in [3.05, 3.63) is 29.8 Å². The van der Waals surface area contributed by atoms with E-state index in [9.17, 15) is 4.79 Å². The molecule has 0 radical (unpaired) electrons. The Balaban J connectivity index is 1.72. The van der Waals surface area contributed by atoms with E-state index in [4.69, 9.17) is 9.47 Å². The molecule has 0 bridgehead atoms. The number of carbonyl (C=O) groups is 1. The van der Waals surface area contributed by atoms with Crippen LogP contribution < -0.4 is 4.74 Å². The van der Waals surface area contributed by atoms with Crippen molar-refractivity contribution in [3.63, 3.8) is 0 Å². The molecule has 0 unspecified atom stereocenters. The average molecular weight is 279 g/mol. The minimum atomic E-state index is -0.344. The molecule has 0 atom stereocenters. The quantitative estimate of drug-likeness (QED) is 0.584. The van der Waals surface area contributed by atoms with E-state index in [1.165, 1.54) is 7.11 Å². The zero-order valence-corrected chi connectivity index (χ0v) is 11.8. The van der Waals surface area contributed by atoms with Crippen molar-refractivity contribution in [2.24, 2.45) is 0 Å². The predicted molar refractivity (Wildman–Crippen MR) is 75.2 cm³/mol. The Morgan fingerprint density at radius 2 is 2.15 bits per heavy atom. The number of methoxy groups -OCH3 is 1. The Kier molecular flexibility index (Phi) is 5.83. The van der Waals surface area contributed by atoms with Crippen LogP contribution in [-0.2, 0) is 9.47 Å². The number of hydrogen-bond donors (Lipinski definition) is 0. The fraction of sp³-hybridized carbons (Fsp3) is 0.533. The first-order valence-corrected chi connectivity index (χ1v) is 6.91. The zero-order chi connectivity index (χ0) is 14.2. The Bertz CT molecular complexity index is 430. The van der Waals surface area contributed by atoms with Crippen molar-refractivity contribution in [3.8, 4) is 5.75 Å². The van der Waals surface area contributed by atoms with Crippen molar-refractivity contribution in [2.75, 3.05) is 46.6 Å². The molecule has 1 heterocycles. The Morgan fingerprint density at radius 3 is 2.90 bits per heavy atom. The second-order valence-corrected chi connectivity index (χ2v) is 4.68. The van der Waals surface area contributed by atoms with Gasteiger partial charge in [-0.2, -0.15) is 0 Å². The normalized spacial score (nSPS) is 15.8. The van der Waals surface area contributed by atoms with Crippen molar-refractivity contribution in [1.29, 1.82) is 0 Å². The molecule has 1 aromatic rings. The molecule has 5 heteroatoms. The molecule has 1 saturated heterocycles. The van der Waals surface area contributed by atoms with Gasteiger partial charge in [-0.15, -0.1) is 0 Å². The number of hydrogen-bond acceptors (Lipinski definition) is 5. The summed E-state index contributed by atoms with van der Waals surface area (Å²) in [6, 6.07) is 7.07. The number of benzene rings is 1. The van der Waals surface area contributed by atoms with E-state index < -0.39 is 0 Å². The Hall–Kier alpha value is -1.59. The van der Waals surface area contributed by atoms with Gasteiger partial charge in [-0.05, 0) is 24.6 Å². The third-order valence-electron chi connectivity index (χ3n) is 3.25. The highest BCUT2D eigenvalue weighted by Crippen LogP contribution is 2.14. The van der Waals surface area contributed by atoms with Gasteiger partial charge >= 0.3 is 5.97 Å². The van der Waals surface area contributed by atoms with Crippen LogP contribution in [0.15, 0.2) is 24.3 Å². The highest BCUT2D eigenvalue weighted by atomic mass is 16.5. The highest BCUT2D eigenvalue weighted by molar-refractivity contribution is 5.89. The third-order valence-corrected chi connectivity index (χ3v) is 3.25. The first-order valence-electron chi connectivity index (χ1n) is 6.91. The van der Waals surface area contributed by atoms with Crippen molar-refractivity contribution in [2.45, 2.75) is 6.42 Å². The van der Waals surface area contributed by atoms with Gasteiger partial charge in [-0.3, -0.25) is 4.90 Å². The van der Waals surface area contributed by atoms with Crippen LogP contribution in [0.5, 0.6) is 5.75 Å². The standard InChI is InChI=1S/C15H21NO4/c1-18-15(17)13-4-2-5-14(12-13)20-9-3-6-16-7-10-19-11-8-16/h2,4-5,12H,3,6-11H2,1H3. The van der Waals surface area contributed by atoms with Gasteiger partial charge in [-0.1, -0.05) is 6.07 Å². The summed E-state index contributed by atoms with van der Waals surface area (Å²) in [5, 5.41) is 0. The molecule has 110 valence electrons. The molecular formula is C15H21NO4. The van der Waals surface area contributed by atoms with Crippen LogP contribution >= 0.6 is 0 Å². The van der Waals surface area contributed by atoms with Crippen molar-refractivity contribution >= 4 is 5.97 Å². The number of morpholine rings is 1. The number of rotatable bonds is 6. The predicted octanol–water partition coefficient (Wildman–Crippen LogP) is 1.57. The summed E-state index contributed by atoms with van der Waals surface area (Å²) in [6.45, 7) is 5.29. The van der Waals surface area contributed by atoms with E-state index in [-0.39, 0.29) is 5.97 Å². The van der Waals surface area contributed by atoms with Crippen LogP contribution in [0.3, 0.4) is 0 Å². The number of nitrogens with zero attached hydrogens (tertiary/aromatic N) is 1. The minimum absolute atomic E-state index is 0.344. The first kappa shape index (κ1) is 14.8. The third kappa shape index (κ3) is 4.51. The van der Waals surface area contributed by atoms with Gasteiger partial charge < -0.3 is 14.2 Å². The van der Waals surface area contributed by atoms with Gasteiger partial charge in [0.05, 0.1) is 32.5 Å². The summed E-state index contributed by atoms with van der Waals surface area (Å²) in [7, 11) is 1.37. The lowest BCUT2D eigenvalue weighted by Gasteiger charge is -2.26. The Morgan fingerprint density at radius 1 is 1.35 bits per heavy atom. The zero-order valence-electron chi connectivity index (χ0n) is 11.8. The van der Waals surface area contributed by atoms with Crippen LogP contribution in [0.25, 0.3) is 0 Å². The molecule has 0 amide bonds. The summed E-state index contributed by atoms with van der Waals surface area (Å²) in [6.07, 6.45) is 0.961. The summed E-state index contributed by atoms with van der Waals surface area (Å²) in [5.74, 6) is 0.360.